The molecule has 0 heterocycles. The Labute approximate surface area is 491 Å². The monoisotopic (exact) mass is 1100 g/mol. The number of ether oxygens (including phenoxy) is 3. The summed E-state index contributed by atoms with van der Waals surface area (Å²) >= 11 is 0. The van der Waals surface area contributed by atoms with Gasteiger partial charge in [0.1, 0.15) is 13.2 Å². The van der Waals surface area contributed by atoms with E-state index in [0.717, 1.165) is 154 Å². The fourth-order valence-electron chi connectivity index (χ4n) is 7.98. The van der Waals surface area contributed by atoms with Crippen LogP contribution in [0.2, 0.25) is 0 Å². The smallest absolute Gasteiger partial charge is 0.306 e. The Hall–Kier alpha value is -5.49. The summed E-state index contributed by atoms with van der Waals surface area (Å²) in [6.07, 6.45) is 99.0. The second-order valence-corrected chi connectivity index (χ2v) is 20.2. The van der Waals surface area contributed by atoms with Crippen LogP contribution < -0.4 is 0 Å². The molecule has 0 saturated carbocycles. The van der Waals surface area contributed by atoms with Gasteiger partial charge >= 0.3 is 17.9 Å². The van der Waals surface area contributed by atoms with Crippen molar-refractivity contribution in [2.24, 2.45) is 0 Å². The van der Waals surface area contributed by atoms with E-state index in [1.54, 1.807) is 0 Å². The van der Waals surface area contributed by atoms with Crippen LogP contribution in [-0.4, -0.2) is 37.2 Å². The van der Waals surface area contributed by atoms with Crippen molar-refractivity contribution in [2.75, 3.05) is 13.2 Å². The maximum Gasteiger partial charge on any atom is 0.306 e. The molecule has 6 heteroatoms. The van der Waals surface area contributed by atoms with Gasteiger partial charge in [0.25, 0.3) is 0 Å². The van der Waals surface area contributed by atoms with Crippen LogP contribution >= 0.6 is 0 Å². The number of carbonyl (C=O) groups excluding carboxylic acids is 3. The summed E-state index contributed by atoms with van der Waals surface area (Å²) in [5, 5.41) is 0. The van der Waals surface area contributed by atoms with Gasteiger partial charge in [0.2, 0.25) is 0 Å². The molecule has 80 heavy (non-hydrogen) atoms. The molecule has 6 nitrogen and oxygen atoms in total. The van der Waals surface area contributed by atoms with Crippen LogP contribution in [0.5, 0.6) is 0 Å². The molecular formula is C74H114O6. The minimum atomic E-state index is -0.829. The fourth-order valence-corrected chi connectivity index (χ4v) is 7.98. The number of hydrogen-bond acceptors (Lipinski definition) is 6. The number of allylic oxidation sites excluding steroid dienone is 30. The summed E-state index contributed by atoms with van der Waals surface area (Å²) in [6.45, 7) is 6.31. The quantitative estimate of drug-likeness (QED) is 0.0261. The lowest BCUT2D eigenvalue weighted by Gasteiger charge is -2.18. The summed E-state index contributed by atoms with van der Waals surface area (Å²) in [4.78, 5) is 38.2. The summed E-state index contributed by atoms with van der Waals surface area (Å²) in [5.41, 5.74) is 0. The Balaban J connectivity index is 4.46. The number of unbranched alkanes of at least 4 members (excludes halogenated alkanes) is 14. The molecule has 0 radical (unpaired) electrons. The molecule has 1 atom stereocenters. The third-order valence-corrected chi connectivity index (χ3v) is 12.7. The van der Waals surface area contributed by atoms with Gasteiger partial charge in [0.05, 0.1) is 0 Å². The number of esters is 3. The second kappa shape index (κ2) is 66.0. The molecule has 0 bridgehead atoms. The Morgan fingerprint density at radius 2 is 0.500 bits per heavy atom. The molecule has 0 aromatic heterocycles. The largest absolute Gasteiger partial charge is 0.462 e. The molecule has 0 spiro atoms. The van der Waals surface area contributed by atoms with Crippen molar-refractivity contribution in [3.8, 4) is 0 Å². The lowest BCUT2D eigenvalue weighted by molar-refractivity contribution is -0.167. The van der Waals surface area contributed by atoms with Gasteiger partial charge in [-0.15, -0.1) is 0 Å². The van der Waals surface area contributed by atoms with E-state index in [1.165, 1.54) is 44.9 Å². The van der Waals surface area contributed by atoms with E-state index in [9.17, 15) is 14.4 Å². The van der Waals surface area contributed by atoms with Crippen molar-refractivity contribution in [2.45, 2.75) is 252 Å². The van der Waals surface area contributed by atoms with Crippen molar-refractivity contribution in [3.63, 3.8) is 0 Å². The van der Waals surface area contributed by atoms with Gasteiger partial charge in [0, 0.05) is 19.3 Å². The van der Waals surface area contributed by atoms with Gasteiger partial charge in [-0.2, -0.15) is 0 Å². The van der Waals surface area contributed by atoms with Crippen molar-refractivity contribution in [3.05, 3.63) is 182 Å². The van der Waals surface area contributed by atoms with Crippen LogP contribution in [-0.2, 0) is 28.6 Å². The Morgan fingerprint density at radius 3 is 0.800 bits per heavy atom. The molecule has 0 aromatic carbocycles. The Kier molecular flexibility index (Phi) is 61.5. The van der Waals surface area contributed by atoms with Crippen LogP contribution in [0.3, 0.4) is 0 Å². The minimum Gasteiger partial charge on any atom is -0.462 e. The maximum absolute atomic E-state index is 12.9. The second-order valence-electron chi connectivity index (χ2n) is 20.2. The van der Waals surface area contributed by atoms with Gasteiger partial charge in [-0.1, -0.05) is 274 Å². The zero-order valence-corrected chi connectivity index (χ0v) is 51.0. The van der Waals surface area contributed by atoms with Crippen LogP contribution in [0.1, 0.15) is 245 Å². The SMILES string of the molecule is CC/C=C\C/C=C\C/C=C\C/C=C\C/C=C\C/C=C\C/C=C\C/C=C\CCCCCCC(=O)OCC(COC(=O)CCCCCCCCCCCC)OC(=O)CCC/C=C\C/C=C\C/C=C\C/C=C\C/C=C\C/C=C\C/C=C\CC. The highest BCUT2D eigenvalue weighted by atomic mass is 16.6. The molecule has 0 N–H and O–H groups in total. The first-order valence-electron chi connectivity index (χ1n) is 31.8. The van der Waals surface area contributed by atoms with Gasteiger partial charge < -0.3 is 14.2 Å². The molecule has 0 saturated heterocycles. The minimum absolute atomic E-state index is 0.117. The molecule has 0 aliphatic heterocycles. The molecule has 0 fully saturated rings. The van der Waals surface area contributed by atoms with Crippen molar-refractivity contribution in [1.82, 2.24) is 0 Å². The fraction of sp³-hybridized carbons (Fsp3) is 0.554. The summed E-state index contributed by atoms with van der Waals surface area (Å²) in [5.74, 6) is -1.01. The number of carbonyl (C=O) groups is 3. The lowest BCUT2D eigenvalue weighted by Crippen LogP contribution is -2.30. The molecule has 1 unspecified atom stereocenters. The molecule has 0 aliphatic rings. The highest BCUT2D eigenvalue weighted by Crippen LogP contribution is 2.13. The molecule has 446 valence electrons. The molecule has 0 aromatic rings. The Bertz CT molecular complexity index is 1890. The van der Waals surface area contributed by atoms with Gasteiger partial charge in [-0.3, -0.25) is 14.4 Å². The third-order valence-electron chi connectivity index (χ3n) is 12.7. The highest BCUT2D eigenvalue weighted by molar-refractivity contribution is 5.71. The normalized spacial score (nSPS) is 13.4. The average Bonchev–Trinajstić information content (AvgIpc) is 3.46. The maximum atomic E-state index is 12.9. The Morgan fingerprint density at radius 1 is 0.263 bits per heavy atom. The summed E-state index contributed by atoms with van der Waals surface area (Å²) in [7, 11) is 0. The van der Waals surface area contributed by atoms with Crippen molar-refractivity contribution >= 4 is 17.9 Å². The predicted octanol–water partition coefficient (Wildman–Crippen LogP) is 22.0. The molecule has 0 aliphatic carbocycles. The van der Waals surface area contributed by atoms with E-state index in [4.69, 9.17) is 14.2 Å². The van der Waals surface area contributed by atoms with Crippen LogP contribution in [0.15, 0.2) is 182 Å². The van der Waals surface area contributed by atoms with Crippen LogP contribution in [0.4, 0.5) is 0 Å². The molecular weight excluding hydrogens is 985 g/mol. The van der Waals surface area contributed by atoms with Gasteiger partial charge in [-0.05, 0) is 135 Å². The van der Waals surface area contributed by atoms with Crippen molar-refractivity contribution < 1.29 is 28.6 Å². The van der Waals surface area contributed by atoms with Gasteiger partial charge in [-0.25, -0.2) is 0 Å². The van der Waals surface area contributed by atoms with Crippen molar-refractivity contribution in [1.29, 1.82) is 0 Å². The first kappa shape index (κ1) is 74.5. The summed E-state index contributed by atoms with van der Waals surface area (Å²) < 4.78 is 16.8. The lowest BCUT2D eigenvalue weighted by atomic mass is 10.1. The standard InChI is InChI=1S/C74H114O6/c1-4-7-10-13-16-19-22-24-26-28-30-32-34-35-36-37-38-39-41-42-44-46-48-50-52-55-58-61-64-67-73(76)79-70-71(69-78-72(75)66-63-60-57-54-21-18-15-12-9-6-3)80-74(77)68-65-62-59-56-53-51-49-47-45-43-40-33-31-29-27-25-23-20-17-14-11-8-5-2/h7-8,10-11,16-17,19-20,24-27,30-33,35-36,38-39,42-45,48-51,56,59,71H,4-6,9,12-15,18,21-23,28-29,34,37,40-41,46-47,52-55,57-58,60-70H2,1-3H3/b10-7-,11-8-,19-16-,20-17-,26-24-,27-25-,32-30-,33-31-,36-35-,39-38-,44-42-,45-43-,50-48-,51-49-,59-56-. The number of rotatable bonds is 55. The van der Waals surface area contributed by atoms with E-state index in [-0.39, 0.29) is 37.5 Å². The first-order chi connectivity index (χ1) is 39.5. The predicted molar refractivity (Wildman–Crippen MR) is 348 cm³/mol. The molecule has 0 rings (SSSR count). The van der Waals surface area contributed by atoms with E-state index in [1.807, 2.05) is 0 Å². The van der Waals surface area contributed by atoms with Crippen LogP contribution in [0.25, 0.3) is 0 Å². The zero-order valence-electron chi connectivity index (χ0n) is 51.0. The summed E-state index contributed by atoms with van der Waals surface area (Å²) in [6, 6.07) is 0. The number of hydrogen-bond donors (Lipinski definition) is 0. The van der Waals surface area contributed by atoms with E-state index >= 15 is 0 Å². The topological polar surface area (TPSA) is 78.9 Å². The first-order valence-corrected chi connectivity index (χ1v) is 31.8. The highest BCUT2D eigenvalue weighted by Gasteiger charge is 2.19. The van der Waals surface area contributed by atoms with E-state index < -0.39 is 6.10 Å². The third kappa shape index (κ3) is 63.3. The average molecular weight is 1100 g/mol. The van der Waals surface area contributed by atoms with E-state index in [2.05, 4.69) is 203 Å². The van der Waals surface area contributed by atoms with Crippen LogP contribution in [0, 0.1) is 0 Å². The van der Waals surface area contributed by atoms with Gasteiger partial charge in [0.15, 0.2) is 6.10 Å². The van der Waals surface area contributed by atoms with E-state index in [0.29, 0.717) is 19.3 Å². The zero-order chi connectivity index (χ0) is 57.8. The molecule has 0 amide bonds.